The molecule has 1 aliphatic carbocycles. The molecule has 0 radical (unpaired) electrons. The first-order chi connectivity index (χ1) is 9.78. The van der Waals surface area contributed by atoms with Gasteiger partial charge in [0.05, 0.1) is 6.10 Å². The molecule has 1 aliphatic rings. The molecule has 5 heteroatoms. The van der Waals surface area contributed by atoms with Crippen molar-refractivity contribution in [3.63, 3.8) is 0 Å². The van der Waals surface area contributed by atoms with E-state index >= 15 is 0 Å². The molecule has 20 heavy (non-hydrogen) atoms. The molecule has 106 valence electrons. The zero-order chi connectivity index (χ0) is 13.9. The van der Waals surface area contributed by atoms with Gasteiger partial charge in [-0.15, -0.1) is 0 Å². The van der Waals surface area contributed by atoms with Gasteiger partial charge in [-0.1, -0.05) is 17.3 Å². The van der Waals surface area contributed by atoms with Gasteiger partial charge in [0.25, 0.3) is 0 Å². The van der Waals surface area contributed by atoms with Crippen molar-refractivity contribution in [1.29, 1.82) is 0 Å². The van der Waals surface area contributed by atoms with Crippen LogP contribution in [-0.4, -0.2) is 17.4 Å². The average Bonchev–Trinajstić information content (AvgIpc) is 3.05. The highest BCUT2D eigenvalue weighted by Gasteiger charge is 2.23. The van der Waals surface area contributed by atoms with E-state index in [1.165, 1.54) is 0 Å². The Kier molecular flexibility index (Phi) is 3.71. The molecule has 0 saturated carbocycles. The lowest BCUT2D eigenvalue weighted by Crippen LogP contribution is -1.99. The van der Waals surface area contributed by atoms with Crippen molar-refractivity contribution in [2.24, 2.45) is 0 Å². The Hall–Kier alpha value is -1.85. The first kappa shape index (κ1) is 13.1. The zero-order valence-corrected chi connectivity index (χ0v) is 11.3. The van der Waals surface area contributed by atoms with Gasteiger partial charge in [-0.25, -0.2) is 0 Å². The molecule has 0 saturated heterocycles. The van der Waals surface area contributed by atoms with E-state index in [2.05, 4.69) is 5.16 Å². The number of rotatable bonds is 5. The van der Waals surface area contributed by atoms with Gasteiger partial charge in [-0.2, -0.15) is 0 Å². The van der Waals surface area contributed by atoms with Crippen molar-refractivity contribution in [3.05, 3.63) is 46.8 Å². The van der Waals surface area contributed by atoms with E-state index in [1.807, 2.05) is 24.3 Å². The van der Waals surface area contributed by atoms with Gasteiger partial charge in [-0.3, -0.25) is 0 Å². The smallest absolute Gasteiger partial charge is 0.162 e. The summed E-state index contributed by atoms with van der Waals surface area (Å²) >= 11 is 0. The molecule has 0 spiro atoms. The van der Waals surface area contributed by atoms with Gasteiger partial charge in [0, 0.05) is 18.7 Å². The molecule has 0 amide bonds. The zero-order valence-electron chi connectivity index (χ0n) is 11.3. The Morgan fingerprint density at radius 3 is 3.15 bits per heavy atom. The Labute approximate surface area is 117 Å². The van der Waals surface area contributed by atoms with Gasteiger partial charge in [0.1, 0.15) is 24.7 Å². The second kappa shape index (κ2) is 5.64. The van der Waals surface area contributed by atoms with Crippen LogP contribution in [0.5, 0.6) is 5.75 Å². The maximum atomic E-state index is 9.86. The maximum absolute atomic E-state index is 9.86. The highest BCUT2D eigenvalue weighted by Crippen LogP contribution is 2.36. The summed E-state index contributed by atoms with van der Waals surface area (Å²) in [6, 6.07) is 7.60. The fourth-order valence-electron chi connectivity index (χ4n) is 2.52. The topological polar surface area (TPSA) is 64.7 Å². The number of aromatic nitrogens is 1. The monoisotopic (exact) mass is 275 g/mol. The lowest BCUT2D eigenvalue weighted by Gasteiger charge is -2.10. The number of ether oxygens (including phenoxy) is 2. The summed E-state index contributed by atoms with van der Waals surface area (Å²) < 4.78 is 15.9. The molecule has 5 nitrogen and oxygen atoms in total. The van der Waals surface area contributed by atoms with E-state index in [9.17, 15) is 5.11 Å². The summed E-state index contributed by atoms with van der Waals surface area (Å²) in [6.45, 7) is 0.750. The van der Waals surface area contributed by atoms with E-state index < -0.39 is 0 Å². The molecule has 1 aromatic heterocycles. The minimum Gasteiger partial charge on any atom is -0.487 e. The quantitative estimate of drug-likeness (QED) is 0.907. The first-order valence-electron chi connectivity index (χ1n) is 6.64. The maximum Gasteiger partial charge on any atom is 0.162 e. The molecular weight excluding hydrogens is 258 g/mol. The first-order valence-corrected chi connectivity index (χ1v) is 6.64. The van der Waals surface area contributed by atoms with E-state index in [0.29, 0.717) is 19.0 Å². The fraction of sp³-hybridized carbons (Fsp3) is 0.400. The molecule has 1 atom stereocenters. The van der Waals surface area contributed by atoms with E-state index in [4.69, 9.17) is 14.0 Å². The Morgan fingerprint density at radius 2 is 2.30 bits per heavy atom. The normalized spacial score (nSPS) is 17.2. The number of benzene rings is 1. The molecule has 1 heterocycles. The van der Waals surface area contributed by atoms with Gasteiger partial charge in [-0.05, 0) is 24.5 Å². The predicted molar refractivity (Wildman–Crippen MR) is 71.3 cm³/mol. The third kappa shape index (κ3) is 2.55. The summed E-state index contributed by atoms with van der Waals surface area (Å²) in [7, 11) is 1.61. The molecule has 0 fully saturated rings. The van der Waals surface area contributed by atoms with Crippen LogP contribution < -0.4 is 4.74 Å². The van der Waals surface area contributed by atoms with Crippen molar-refractivity contribution in [1.82, 2.24) is 5.16 Å². The second-order valence-electron chi connectivity index (χ2n) is 4.88. The Balaban J connectivity index is 1.69. The highest BCUT2D eigenvalue weighted by atomic mass is 16.5. The molecule has 1 aromatic carbocycles. The lowest BCUT2D eigenvalue weighted by molar-refractivity contribution is 0.155. The van der Waals surface area contributed by atoms with Crippen molar-refractivity contribution >= 4 is 0 Å². The van der Waals surface area contributed by atoms with Crippen LogP contribution in [0.15, 0.2) is 28.8 Å². The van der Waals surface area contributed by atoms with Gasteiger partial charge >= 0.3 is 0 Å². The molecule has 2 aromatic rings. The minimum absolute atomic E-state index is 0.347. The molecular formula is C15H17NO4. The highest BCUT2D eigenvalue weighted by molar-refractivity contribution is 5.44. The van der Waals surface area contributed by atoms with Crippen LogP contribution in [-0.2, 0) is 24.4 Å². The fourth-order valence-corrected chi connectivity index (χ4v) is 2.52. The molecule has 1 unspecified atom stereocenters. The van der Waals surface area contributed by atoms with E-state index in [0.717, 1.165) is 35.4 Å². The summed E-state index contributed by atoms with van der Waals surface area (Å²) in [4.78, 5) is 0. The predicted octanol–water partition coefficient (Wildman–Crippen LogP) is 2.38. The molecule has 0 aliphatic heterocycles. The van der Waals surface area contributed by atoms with E-state index in [1.54, 1.807) is 7.11 Å². The van der Waals surface area contributed by atoms with Gasteiger partial charge < -0.3 is 19.1 Å². The van der Waals surface area contributed by atoms with Crippen LogP contribution >= 0.6 is 0 Å². The number of hydrogen-bond acceptors (Lipinski definition) is 5. The molecule has 0 bridgehead atoms. The molecule has 3 rings (SSSR count). The average molecular weight is 275 g/mol. The van der Waals surface area contributed by atoms with Crippen molar-refractivity contribution < 1.29 is 19.1 Å². The second-order valence-corrected chi connectivity index (χ2v) is 4.88. The Bertz CT molecular complexity index is 593. The van der Waals surface area contributed by atoms with Crippen LogP contribution in [0, 0.1) is 0 Å². The number of methoxy groups -OCH3 is 1. The minimum atomic E-state index is -0.367. The standard InChI is InChI=1S/C15H17NO4/c1-18-9-11-7-10(16-20-11)8-19-15-4-2-3-12-13(15)5-6-14(12)17/h2-4,7,14,17H,5-6,8-9H2,1H3. The summed E-state index contributed by atoms with van der Waals surface area (Å²) in [6.07, 6.45) is 1.24. The SMILES string of the molecule is COCc1cc(COc2cccc3c2CCC3O)no1. The van der Waals surface area contributed by atoms with Crippen molar-refractivity contribution in [2.45, 2.75) is 32.2 Å². The largest absolute Gasteiger partial charge is 0.487 e. The third-order valence-corrected chi connectivity index (χ3v) is 3.47. The number of fused-ring (bicyclic) bond motifs is 1. The number of hydrogen-bond donors (Lipinski definition) is 1. The number of nitrogens with zero attached hydrogens (tertiary/aromatic N) is 1. The lowest BCUT2D eigenvalue weighted by atomic mass is 10.1. The number of aliphatic hydroxyl groups excluding tert-OH is 1. The van der Waals surface area contributed by atoms with Crippen LogP contribution in [0.3, 0.4) is 0 Å². The van der Waals surface area contributed by atoms with E-state index in [-0.39, 0.29) is 6.10 Å². The van der Waals surface area contributed by atoms with Crippen LogP contribution in [0.2, 0.25) is 0 Å². The van der Waals surface area contributed by atoms with Crippen LogP contribution in [0.4, 0.5) is 0 Å². The van der Waals surface area contributed by atoms with Crippen molar-refractivity contribution in [3.8, 4) is 5.75 Å². The summed E-state index contributed by atoms with van der Waals surface area (Å²) in [5.74, 6) is 1.50. The molecule has 1 N–H and O–H groups in total. The summed E-state index contributed by atoms with van der Waals surface area (Å²) in [5.41, 5.74) is 2.80. The summed E-state index contributed by atoms with van der Waals surface area (Å²) in [5, 5.41) is 13.8. The van der Waals surface area contributed by atoms with Crippen LogP contribution in [0.25, 0.3) is 0 Å². The van der Waals surface area contributed by atoms with Gasteiger partial charge in [0.2, 0.25) is 0 Å². The van der Waals surface area contributed by atoms with Crippen LogP contribution in [0.1, 0.15) is 35.1 Å². The third-order valence-electron chi connectivity index (χ3n) is 3.47. The number of aliphatic hydroxyl groups is 1. The van der Waals surface area contributed by atoms with Gasteiger partial charge in [0.15, 0.2) is 5.76 Å². The Morgan fingerprint density at radius 1 is 1.40 bits per heavy atom. The van der Waals surface area contributed by atoms with Crippen molar-refractivity contribution in [2.75, 3.05) is 7.11 Å².